The molecule has 0 bridgehead atoms. The minimum atomic E-state index is 0.595. The van der Waals surface area contributed by atoms with Gasteiger partial charge >= 0.3 is 0 Å². The summed E-state index contributed by atoms with van der Waals surface area (Å²) in [4.78, 5) is 0. The fraction of sp³-hybridized carbons (Fsp3) is 0.824. The zero-order valence-corrected chi connectivity index (χ0v) is 13.7. The summed E-state index contributed by atoms with van der Waals surface area (Å²) in [5.74, 6) is 1.65. The Morgan fingerprint density at radius 2 is 1.95 bits per heavy atom. The fourth-order valence-electron chi connectivity index (χ4n) is 3.51. The molecule has 1 aromatic rings. The standard InChI is InChI=1S/C17H31N3/c1-13(2)18-12-16-9-7-5-6-8-15(16)11-17-10-14(3)19-20(17)4/h10,13,15-16,18H,5-9,11-12H2,1-4H3. The largest absolute Gasteiger partial charge is 0.314 e. The SMILES string of the molecule is Cc1cc(CC2CCCCCC2CNC(C)C)n(C)n1. The van der Waals surface area contributed by atoms with Crippen molar-refractivity contribution in [1.82, 2.24) is 15.1 Å². The average molecular weight is 277 g/mol. The van der Waals surface area contributed by atoms with E-state index in [-0.39, 0.29) is 0 Å². The van der Waals surface area contributed by atoms with Crippen molar-refractivity contribution in [2.45, 2.75) is 65.3 Å². The highest BCUT2D eigenvalue weighted by molar-refractivity contribution is 5.09. The Bertz CT molecular complexity index is 408. The van der Waals surface area contributed by atoms with Gasteiger partial charge in [0.15, 0.2) is 0 Å². The van der Waals surface area contributed by atoms with Gasteiger partial charge in [-0.3, -0.25) is 4.68 Å². The lowest BCUT2D eigenvalue weighted by molar-refractivity contribution is 0.287. The lowest BCUT2D eigenvalue weighted by Gasteiger charge is -2.26. The van der Waals surface area contributed by atoms with Crippen LogP contribution in [0.3, 0.4) is 0 Å². The molecule has 0 radical (unpaired) electrons. The predicted octanol–water partition coefficient (Wildman–Crippen LogP) is 3.47. The van der Waals surface area contributed by atoms with Crippen LogP contribution in [0.15, 0.2) is 6.07 Å². The number of nitrogens with one attached hydrogen (secondary N) is 1. The summed E-state index contributed by atoms with van der Waals surface area (Å²) in [7, 11) is 2.08. The molecule has 1 saturated carbocycles. The average Bonchev–Trinajstić information content (AvgIpc) is 2.59. The molecule has 1 aliphatic rings. The summed E-state index contributed by atoms with van der Waals surface area (Å²) in [6.07, 6.45) is 8.20. The zero-order chi connectivity index (χ0) is 14.5. The third-order valence-electron chi connectivity index (χ3n) is 4.68. The molecule has 2 unspecified atom stereocenters. The van der Waals surface area contributed by atoms with Crippen LogP contribution in [-0.2, 0) is 13.5 Å². The summed E-state index contributed by atoms with van der Waals surface area (Å²) in [5.41, 5.74) is 2.55. The van der Waals surface area contributed by atoms with E-state index in [1.165, 1.54) is 50.8 Å². The molecule has 2 atom stereocenters. The van der Waals surface area contributed by atoms with Gasteiger partial charge in [-0.15, -0.1) is 0 Å². The van der Waals surface area contributed by atoms with E-state index in [0.29, 0.717) is 6.04 Å². The molecule has 2 rings (SSSR count). The molecule has 3 heteroatoms. The maximum Gasteiger partial charge on any atom is 0.0596 e. The Balaban J connectivity index is 2.02. The van der Waals surface area contributed by atoms with Gasteiger partial charge in [-0.05, 0) is 50.6 Å². The molecule has 1 aliphatic carbocycles. The number of hydrogen-bond donors (Lipinski definition) is 1. The van der Waals surface area contributed by atoms with Gasteiger partial charge in [0.05, 0.1) is 5.69 Å². The molecule has 3 nitrogen and oxygen atoms in total. The van der Waals surface area contributed by atoms with Crippen molar-refractivity contribution in [2.75, 3.05) is 6.54 Å². The number of aromatic nitrogens is 2. The summed E-state index contributed by atoms with van der Waals surface area (Å²) in [5, 5.41) is 8.16. The van der Waals surface area contributed by atoms with Crippen LogP contribution >= 0.6 is 0 Å². The second-order valence-corrected chi connectivity index (χ2v) is 6.83. The van der Waals surface area contributed by atoms with Crippen LogP contribution in [0.4, 0.5) is 0 Å². The van der Waals surface area contributed by atoms with Gasteiger partial charge in [0, 0.05) is 18.8 Å². The van der Waals surface area contributed by atoms with Crippen LogP contribution in [0.1, 0.15) is 57.3 Å². The van der Waals surface area contributed by atoms with Gasteiger partial charge in [0.1, 0.15) is 0 Å². The van der Waals surface area contributed by atoms with Crippen molar-refractivity contribution < 1.29 is 0 Å². The van der Waals surface area contributed by atoms with Crippen molar-refractivity contribution in [2.24, 2.45) is 18.9 Å². The van der Waals surface area contributed by atoms with Crippen molar-refractivity contribution >= 4 is 0 Å². The second kappa shape index (κ2) is 7.26. The Morgan fingerprint density at radius 1 is 1.25 bits per heavy atom. The molecule has 114 valence electrons. The molecule has 1 fully saturated rings. The van der Waals surface area contributed by atoms with Crippen LogP contribution in [0.5, 0.6) is 0 Å². The van der Waals surface area contributed by atoms with Crippen molar-refractivity contribution in [1.29, 1.82) is 0 Å². The fourth-order valence-corrected chi connectivity index (χ4v) is 3.51. The third kappa shape index (κ3) is 4.34. The first-order valence-corrected chi connectivity index (χ1v) is 8.29. The minimum Gasteiger partial charge on any atom is -0.314 e. The van der Waals surface area contributed by atoms with E-state index in [2.05, 4.69) is 49.0 Å². The molecule has 20 heavy (non-hydrogen) atoms. The van der Waals surface area contributed by atoms with Crippen LogP contribution < -0.4 is 5.32 Å². The van der Waals surface area contributed by atoms with E-state index in [0.717, 1.165) is 17.5 Å². The smallest absolute Gasteiger partial charge is 0.0596 e. The predicted molar refractivity (Wildman–Crippen MR) is 84.9 cm³/mol. The van der Waals surface area contributed by atoms with Gasteiger partial charge in [-0.1, -0.05) is 33.1 Å². The van der Waals surface area contributed by atoms with Gasteiger partial charge < -0.3 is 5.32 Å². The van der Waals surface area contributed by atoms with Crippen LogP contribution in [0, 0.1) is 18.8 Å². The Labute approximate surface area is 124 Å². The number of nitrogens with zero attached hydrogens (tertiary/aromatic N) is 2. The first kappa shape index (κ1) is 15.6. The van der Waals surface area contributed by atoms with Crippen LogP contribution in [0.2, 0.25) is 0 Å². The molecule has 0 aliphatic heterocycles. The summed E-state index contributed by atoms with van der Waals surface area (Å²) < 4.78 is 2.08. The molecule has 1 heterocycles. The summed E-state index contributed by atoms with van der Waals surface area (Å²) in [6, 6.07) is 2.86. The van der Waals surface area contributed by atoms with Crippen LogP contribution in [-0.4, -0.2) is 22.4 Å². The Morgan fingerprint density at radius 3 is 2.55 bits per heavy atom. The molecular weight excluding hydrogens is 246 g/mol. The van der Waals surface area contributed by atoms with E-state index in [1.54, 1.807) is 0 Å². The first-order chi connectivity index (χ1) is 9.56. The molecule has 0 saturated heterocycles. The number of hydrogen-bond acceptors (Lipinski definition) is 2. The van der Waals surface area contributed by atoms with Crippen molar-refractivity contribution in [3.05, 3.63) is 17.5 Å². The number of rotatable bonds is 5. The summed E-state index contributed by atoms with van der Waals surface area (Å²) in [6.45, 7) is 7.76. The quantitative estimate of drug-likeness (QED) is 0.835. The minimum absolute atomic E-state index is 0.595. The van der Waals surface area contributed by atoms with Gasteiger partial charge in [-0.25, -0.2) is 0 Å². The Hall–Kier alpha value is -0.830. The van der Waals surface area contributed by atoms with Gasteiger partial charge in [0.2, 0.25) is 0 Å². The van der Waals surface area contributed by atoms with Crippen molar-refractivity contribution in [3.8, 4) is 0 Å². The van der Waals surface area contributed by atoms with E-state index in [1.807, 2.05) is 0 Å². The third-order valence-corrected chi connectivity index (χ3v) is 4.68. The monoisotopic (exact) mass is 277 g/mol. The Kier molecular flexibility index (Phi) is 5.64. The van der Waals surface area contributed by atoms with Crippen molar-refractivity contribution in [3.63, 3.8) is 0 Å². The lowest BCUT2D eigenvalue weighted by atomic mass is 9.84. The maximum absolute atomic E-state index is 4.50. The molecule has 0 amide bonds. The molecular formula is C17H31N3. The maximum atomic E-state index is 4.50. The molecule has 0 spiro atoms. The second-order valence-electron chi connectivity index (χ2n) is 6.83. The zero-order valence-electron chi connectivity index (χ0n) is 13.7. The highest BCUT2D eigenvalue weighted by Gasteiger charge is 2.25. The normalized spacial score (nSPS) is 24.1. The topological polar surface area (TPSA) is 29.9 Å². The highest BCUT2D eigenvalue weighted by atomic mass is 15.3. The number of aryl methyl sites for hydroxylation is 2. The summed E-state index contributed by atoms with van der Waals surface area (Å²) >= 11 is 0. The molecule has 0 aromatic carbocycles. The van der Waals surface area contributed by atoms with Gasteiger partial charge in [-0.2, -0.15) is 5.10 Å². The van der Waals surface area contributed by atoms with Crippen LogP contribution in [0.25, 0.3) is 0 Å². The highest BCUT2D eigenvalue weighted by Crippen LogP contribution is 2.31. The van der Waals surface area contributed by atoms with Gasteiger partial charge in [0.25, 0.3) is 0 Å². The molecule has 1 aromatic heterocycles. The lowest BCUT2D eigenvalue weighted by Crippen LogP contribution is -2.33. The molecule has 1 N–H and O–H groups in total. The first-order valence-electron chi connectivity index (χ1n) is 8.29. The van der Waals surface area contributed by atoms with E-state index < -0.39 is 0 Å². The van der Waals surface area contributed by atoms with E-state index >= 15 is 0 Å². The van der Waals surface area contributed by atoms with E-state index in [4.69, 9.17) is 0 Å². The van der Waals surface area contributed by atoms with E-state index in [9.17, 15) is 0 Å².